The molecule has 0 bridgehead atoms. The number of carbonyl (C=O) groups is 2. The number of imidazole rings is 1. The molecule has 7 heteroatoms. The van der Waals surface area contributed by atoms with Gasteiger partial charge in [0.15, 0.2) is 0 Å². The molecule has 0 unspecified atom stereocenters. The molecule has 0 saturated heterocycles. The highest BCUT2D eigenvalue weighted by atomic mass is 16.5. The highest BCUT2D eigenvalue weighted by molar-refractivity contribution is 5.94. The summed E-state index contributed by atoms with van der Waals surface area (Å²) in [6.07, 6.45) is 7.08. The number of methoxy groups -OCH3 is 1. The molecule has 0 radical (unpaired) electrons. The number of aryl methyl sites for hydroxylation is 1. The van der Waals surface area contributed by atoms with Gasteiger partial charge in [-0.3, -0.25) is 9.59 Å². The van der Waals surface area contributed by atoms with Crippen molar-refractivity contribution in [2.45, 2.75) is 26.3 Å². The summed E-state index contributed by atoms with van der Waals surface area (Å²) in [5, 5.41) is 2.64. The van der Waals surface area contributed by atoms with Crippen molar-refractivity contribution in [1.82, 2.24) is 14.9 Å². The van der Waals surface area contributed by atoms with E-state index in [1.807, 2.05) is 60.8 Å². The molecule has 4 rings (SSSR count). The van der Waals surface area contributed by atoms with E-state index in [0.717, 1.165) is 46.1 Å². The third kappa shape index (κ3) is 7.23. The van der Waals surface area contributed by atoms with Gasteiger partial charge in [-0.05, 0) is 60.4 Å². The van der Waals surface area contributed by atoms with Crippen LogP contribution in [0.4, 0.5) is 0 Å². The van der Waals surface area contributed by atoms with Crippen molar-refractivity contribution in [2.75, 3.05) is 20.8 Å². The van der Waals surface area contributed by atoms with Crippen LogP contribution in [-0.2, 0) is 16.1 Å². The van der Waals surface area contributed by atoms with Crippen LogP contribution in [0.3, 0.4) is 0 Å². The number of ether oxygens (including phenoxy) is 2. The summed E-state index contributed by atoms with van der Waals surface area (Å²) in [6, 6.07) is 23.8. The fraction of sp³-hybridized carbons (Fsp3) is 0.219. The lowest BCUT2D eigenvalue weighted by Crippen LogP contribution is -2.17. The van der Waals surface area contributed by atoms with Crippen molar-refractivity contribution in [3.63, 3.8) is 0 Å². The van der Waals surface area contributed by atoms with Crippen molar-refractivity contribution in [3.8, 4) is 28.1 Å². The third-order valence-corrected chi connectivity index (χ3v) is 6.36. The van der Waals surface area contributed by atoms with Gasteiger partial charge in [0, 0.05) is 37.3 Å². The Kier molecular flexibility index (Phi) is 9.29. The van der Waals surface area contributed by atoms with Gasteiger partial charge in [-0.1, -0.05) is 54.6 Å². The fourth-order valence-electron chi connectivity index (χ4n) is 4.10. The van der Waals surface area contributed by atoms with E-state index in [2.05, 4.69) is 51.9 Å². The number of nitrogens with zero attached hydrogens (tertiary/aromatic N) is 2. The highest BCUT2D eigenvalue weighted by Crippen LogP contribution is 2.24. The van der Waals surface area contributed by atoms with E-state index in [0.29, 0.717) is 25.0 Å². The normalized spacial score (nSPS) is 10.9. The number of aromatic nitrogens is 2. The number of amides is 1. The Morgan fingerprint density at radius 2 is 1.54 bits per heavy atom. The molecule has 0 spiro atoms. The molecule has 0 aliphatic carbocycles. The summed E-state index contributed by atoms with van der Waals surface area (Å²) in [7, 11) is 3.01. The second-order valence-corrected chi connectivity index (χ2v) is 8.93. The maximum absolute atomic E-state index is 11.8. The molecule has 3 aromatic carbocycles. The molecule has 200 valence electrons. The molecule has 7 nitrogen and oxygen atoms in total. The average Bonchev–Trinajstić information content (AvgIpc) is 3.41. The minimum absolute atomic E-state index is 0.106. The summed E-state index contributed by atoms with van der Waals surface area (Å²) in [6.45, 7) is 3.36. The number of hydrogen-bond donors (Lipinski definition) is 1. The first-order valence-electron chi connectivity index (χ1n) is 13.0. The molecular weight excluding hydrogens is 490 g/mol. The number of rotatable bonds is 11. The second-order valence-electron chi connectivity index (χ2n) is 8.93. The van der Waals surface area contributed by atoms with Crippen molar-refractivity contribution in [2.24, 2.45) is 0 Å². The maximum atomic E-state index is 11.8. The minimum Gasteiger partial charge on any atom is -0.494 e. The topological polar surface area (TPSA) is 82.5 Å². The lowest BCUT2D eigenvalue weighted by atomic mass is 10.0. The Balaban J connectivity index is 1.39. The van der Waals surface area contributed by atoms with Crippen LogP contribution < -0.4 is 10.1 Å². The summed E-state index contributed by atoms with van der Waals surface area (Å²) in [5.74, 6) is 1.31. The first-order chi connectivity index (χ1) is 19.0. The SMILES string of the molecule is CCn1cc(-c2ccc(C(=O)NC)cc2)nc1C=Cc1ccc(-c2ccc(OCCCC(=O)OC)cc2)cc1. The van der Waals surface area contributed by atoms with Crippen molar-refractivity contribution >= 4 is 24.0 Å². The molecular formula is C32H33N3O4. The molecule has 0 aliphatic rings. The minimum atomic E-state index is -0.224. The fourth-order valence-corrected chi connectivity index (χ4v) is 4.10. The zero-order valence-corrected chi connectivity index (χ0v) is 22.5. The van der Waals surface area contributed by atoms with Crippen LogP contribution >= 0.6 is 0 Å². The van der Waals surface area contributed by atoms with Gasteiger partial charge in [0.2, 0.25) is 0 Å². The zero-order valence-electron chi connectivity index (χ0n) is 22.5. The average molecular weight is 524 g/mol. The molecule has 0 aliphatic heterocycles. The summed E-state index contributed by atoms with van der Waals surface area (Å²) in [4.78, 5) is 27.8. The van der Waals surface area contributed by atoms with Crippen LogP contribution in [0.5, 0.6) is 5.75 Å². The number of hydrogen-bond acceptors (Lipinski definition) is 5. The third-order valence-electron chi connectivity index (χ3n) is 6.36. The molecule has 1 aromatic heterocycles. The molecule has 0 saturated carbocycles. The molecule has 1 heterocycles. The molecule has 0 atom stereocenters. The number of esters is 1. The smallest absolute Gasteiger partial charge is 0.305 e. The number of carbonyl (C=O) groups excluding carboxylic acids is 2. The molecule has 0 fully saturated rings. The van der Waals surface area contributed by atoms with Gasteiger partial charge >= 0.3 is 5.97 Å². The maximum Gasteiger partial charge on any atom is 0.305 e. The van der Waals surface area contributed by atoms with Crippen LogP contribution in [0.25, 0.3) is 34.5 Å². The van der Waals surface area contributed by atoms with Gasteiger partial charge in [0.25, 0.3) is 5.91 Å². The van der Waals surface area contributed by atoms with Gasteiger partial charge in [-0.15, -0.1) is 0 Å². The first kappa shape index (κ1) is 27.4. The van der Waals surface area contributed by atoms with Crippen LogP contribution in [-0.4, -0.2) is 42.2 Å². The molecule has 1 amide bonds. The largest absolute Gasteiger partial charge is 0.494 e. The van der Waals surface area contributed by atoms with Crippen LogP contribution in [0.15, 0.2) is 79.0 Å². The Hall–Kier alpha value is -4.65. The molecule has 1 N–H and O–H groups in total. The number of nitrogens with one attached hydrogen (secondary N) is 1. The molecule has 39 heavy (non-hydrogen) atoms. The van der Waals surface area contributed by atoms with Crippen molar-refractivity contribution in [1.29, 1.82) is 0 Å². The Bertz CT molecular complexity index is 1420. The predicted octanol–water partition coefficient (Wildman–Crippen LogP) is 6.10. The van der Waals surface area contributed by atoms with Crippen LogP contribution in [0.2, 0.25) is 0 Å². The summed E-state index contributed by atoms with van der Waals surface area (Å²) < 4.78 is 12.5. The van der Waals surface area contributed by atoms with Crippen molar-refractivity contribution in [3.05, 3.63) is 95.9 Å². The highest BCUT2D eigenvalue weighted by Gasteiger charge is 2.09. The van der Waals surface area contributed by atoms with E-state index in [1.165, 1.54) is 7.11 Å². The monoisotopic (exact) mass is 523 g/mol. The predicted molar refractivity (Wildman–Crippen MR) is 154 cm³/mol. The molecule has 4 aromatic rings. The van der Waals surface area contributed by atoms with Gasteiger partial charge in [0.05, 0.1) is 19.4 Å². The van der Waals surface area contributed by atoms with Gasteiger partial charge < -0.3 is 19.4 Å². The summed E-state index contributed by atoms with van der Waals surface area (Å²) in [5.41, 5.74) is 5.74. The lowest BCUT2D eigenvalue weighted by molar-refractivity contribution is -0.140. The summed E-state index contributed by atoms with van der Waals surface area (Å²) >= 11 is 0. The van der Waals surface area contributed by atoms with Crippen LogP contribution in [0.1, 0.15) is 41.5 Å². The Morgan fingerprint density at radius 1 is 0.897 bits per heavy atom. The lowest BCUT2D eigenvalue weighted by Gasteiger charge is -2.07. The van der Waals surface area contributed by atoms with Gasteiger partial charge in [-0.2, -0.15) is 0 Å². The number of benzene rings is 3. The van der Waals surface area contributed by atoms with E-state index < -0.39 is 0 Å². The van der Waals surface area contributed by atoms with E-state index in [4.69, 9.17) is 9.72 Å². The van der Waals surface area contributed by atoms with E-state index in [-0.39, 0.29) is 11.9 Å². The quantitative estimate of drug-likeness (QED) is 0.190. The van der Waals surface area contributed by atoms with Crippen molar-refractivity contribution < 1.29 is 19.1 Å². The Morgan fingerprint density at radius 3 is 2.15 bits per heavy atom. The van der Waals surface area contributed by atoms with E-state index >= 15 is 0 Å². The zero-order chi connectivity index (χ0) is 27.6. The van der Waals surface area contributed by atoms with Gasteiger partial charge in [0.1, 0.15) is 11.6 Å². The van der Waals surface area contributed by atoms with Crippen LogP contribution in [0, 0.1) is 0 Å². The standard InChI is InChI=1S/C32H33N3O4/c1-4-35-22-29(26-12-14-27(15-13-26)32(37)33-2)34-30(35)20-9-23-7-10-24(11-8-23)25-16-18-28(19-17-25)39-21-5-6-31(36)38-3/h7-20,22H,4-6,21H2,1-3H3,(H,33,37). The van der Waals surface area contributed by atoms with E-state index in [9.17, 15) is 9.59 Å². The van der Waals surface area contributed by atoms with Gasteiger partial charge in [-0.25, -0.2) is 4.98 Å². The second kappa shape index (κ2) is 13.2. The Labute approximate surface area is 229 Å². The van der Waals surface area contributed by atoms with E-state index in [1.54, 1.807) is 7.05 Å². The first-order valence-corrected chi connectivity index (χ1v) is 13.0.